The van der Waals surface area contributed by atoms with Crippen LogP contribution in [0, 0.1) is 0 Å². The second-order valence-corrected chi connectivity index (χ2v) is 5.64. The van der Waals surface area contributed by atoms with E-state index in [4.69, 9.17) is 5.73 Å². The molecular formula is C17H33N3. The molecule has 1 rings (SSSR count). The molecule has 1 heterocycles. The van der Waals surface area contributed by atoms with Gasteiger partial charge in [-0.05, 0) is 32.1 Å². The van der Waals surface area contributed by atoms with Crippen molar-refractivity contribution < 1.29 is 0 Å². The lowest BCUT2D eigenvalue weighted by Gasteiger charge is -2.19. The van der Waals surface area contributed by atoms with Crippen LogP contribution >= 0.6 is 0 Å². The predicted molar refractivity (Wildman–Crippen MR) is 89.3 cm³/mol. The molecule has 0 spiro atoms. The Labute approximate surface area is 125 Å². The quantitative estimate of drug-likeness (QED) is 0.437. The highest BCUT2D eigenvalue weighted by Crippen LogP contribution is 2.11. The van der Waals surface area contributed by atoms with Gasteiger partial charge in [0.05, 0.1) is 12.4 Å². The molecule has 0 fully saturated rings. The maximum Gasteiger partial charge on any atom is 0.0990 e. The van der Waals surface area contributed by atoms with Gasteiger partial charge in [-0.3, -0.25) is 4.99 Å². The molecular weight excluding hydrogens is 246 g/mol. The normalized spacial score (nSPS) is 15.3. The van der Waals surface area contributed by atoms with Gasteiger partial charge in [0.1, 0.15) is 0 Å². The van der Waals surface area contributed by atoms with Crippen LogP contribution in [-0.4, -0.2) is 36.9 Å². The van der Waals surface area contributed by atoms with Crippen molar-refractivity contribution in [2.75, 3.05) is 26.2 Å². The largest absolute Gasteiger partial charge is 0.357 e. The molecule has 1 aliphatic rings. The topological polar surface area (TPSA) is 41.6 Å². The SMILES string of the molecule is CCCCC/C=C/CCCCCC1=NCCN1CCN. The first-order chi connectivity index (χ1) is 9.88. The van der Waals surface area contributed by atoms with Crippen LogP contribution in [-0.2, 0) is 0 Å². The van der Waals surface area contributed by atoms with Crippen molar-refractivity contribution in [3.63, 3.8) is 0 Å². The van der Waals surface area contributed by atoms with Crippen molar-refractivity contribution in [2.24, 2.45) is 10.7 Å². The van der Waals surface area contributed by atoms with Crippen LogP contribution in [0.3, 0.4) is 0 Å². The molecule has 0 aromatic heterocycles. The molecule has 2 N–H and O–H groups in total. The average molecular weight is 279 g/mol. The van der Waals surface area contributed by atoms with Crippen molar-refractivity contribution >= 4 is 5.84 Å². The minimum Gasteiger partial charge on any atom is -0.357 e. The number of nitrogens with two attached hydrogens (primary N) is 1. The van der Waals surface area contributed by atoms with Gasteiger partial charge < -0.3 is 10.6 Å². The molecule has 0 bridgehead atoms. The summed E-state index contributed by atoms with van der Waals surface area (Å²) in [4.78, 5) is 6.94. The minimum absolute atomic E-state index is 0.738. The highest BCUT2D eigenvalue weighted by atomic mass is 15.2. The van der Waals surface area contributed by atoms with Gasteiger partial charge in [-0.1, -0.05) is 38.3 Å². The number of unbranched alkanes of at least 4 members (excludes halogenated alkanes) is 6. The number of hydrogen-bond acceptors (Lipinski definition) is 3. The van der Waals surface area contributed by atoms with E-state index < -0.39 is 0 Å². The van der Waals surface area contributed by atoms with Gasteiger partial charge in [-0.2, -0.15) is 0 Å². The maximum absolute atomic E-state index is 5.62. The van der Waals surface area contributed by atoms with Gasteiger partial charge in [-0.15, -0.1) is 0 Å². The van der Waals surface area contributed by atoms with E-state index in [2.05, 4.69) is 29.0 Å². The summed E-state index contributed by atoms with van der Waals surface area (Å²) >= 11 is 0. The average Bonchev–Trinajstić information content (AvgIpc) is 2.89. The highest BCUT2D eigenvalue weighted by Gasteiger charge is 2.14. The molecule has 0 aliphatic carbocycles. The molecule has 3 heteroatoms. The van der Waals surface area contributed by atoms with Gasteiger partial charge in [0.15, 0.2) is 0 Å². The van der Waals surface area contributed by atoms with Crippen molar-refractivity contribution in [1.82, 2.24) is 4.90 Å². The predicted octanol–water partition coefficient (Wildman–Crippen LogP) is 3.75. The molecule has 0 aromatic rings. The first-order valence-corrected chi connectivity index (χ1v) is 8.51. The van der Waals surface area contributed by atoms with E-state index in [1.807, 2.05) is 0 Å². The lowest BCUT2D eigenvalue weighted by molar-refractivity contribution is 0.456. The van der Waals surface area contributed by atoms with E-state index in [0.29, 0.717) is 0 Å². The first kappa shape index (κ1) is 17.2. The maximum atomic E-state index is 5.62. The summed E-state index contributed by atoms with van der Waals surface area (Å²) in [5.41, 5.74) is 5.62. The van der Waals surface area contributed by atoms with Crippen molar-refractivity contribution in [1.29, 1.82) is 0 Å². The zero-order valence-corrected chi connectivity index (χ0v) is 13.3. The van der Waals surface area contributed by atoms with Gasteiger partial charge >= 0.3 is 0 Å². The smallest absolute Gasteiger partial charge is 0.0990 e. The summed E-state index contributed by atoms with van der Waals surface area (Å²) in [6.07, 6.45) is 16.3. The number of nitrogens with zero attached hydrogens (tertiary/aromatic N) is 2. The van der Waals surface area contributed by atoms with Crippen molar-refractivity contribution in [3.8, 4) is 0 Å². The fourth-order valence-electron chi connectivity index (χ4n) is 2.63. The first-order valence-electron chi connectivity index (χ1n) is 8.51. The summed E-state index contributed by atoms with van der Waals surface area (Å²) < 4.78 is 0. The molecule has 0 aromatic carbocycles. The Kier molecular flexibility index (Phi) is 10.3. The number of aliphatic imine (C=N–C) groups is 1. The van der Waals surface area contributed by atoms with Crippen LogP contribution in [0.4, 0.5) is 0 Å². The molecule has 0 radical (unpaired) electrons. The molecule has 0 saturated carbocycles. The third-order valence-electron chi connectivity index (χ3n) is 3.84. The Bertz CT molecular complexity index is 284. The van der Waals surface area contributed by atoms with Crippen LogP contribution < -0.4 is 5.73 Å². The van der Waals surface area contributed by atoms with Gasteiger partial charge in [0, 0.05) is 26.1 Å². The Morgan fingerprint density at radius 2 is 1.85 bits per heavy atom. The molecule has 0 unspecified atom stereocenters. The zero-order valence-electron chi connectivity index (χ0n) is 13.3. The third-order valence-corrected chi connectivity index (χ3v) is 3.84. The third kappa shape index (κ3) is 7.68. The van der Waals surface area contributed by atoms with Gasteiger partial charge in [-0.25, -0.2) is 0 Å². The number of allylic oxidation sites excluding steroid dienone is 2. The summed E-state index contributed by atoms with van der Waals surface area (Å²) in [6, 6.07) is 0. The van der Waals surface area contributed by atoms with Gasteiger partial charge in [0.25, 0.3) is 0 Å². The fourth-order valence-corrected chi connectivity index (χ4v) is 2.63. The van der Waals surface area contributed by atoms with E-state index >= 15 is 0 Å². The van der Waals surface area contributed by atoms with E-state index in [1.165, 1.54) is 57.2 Å². The van der Waals surface area contributed by atoms with Crippen LogP contribution in [0.5, 0.6) is 0 Å². The van der Waals surface area contributed by atoms with E-state index in [1.54, 1.807) is 0 Å². The summed E-state index contributed by atoms with van der Waals surface area (Å²) in [7, 11) is 0. The Morgan fingerprint density at radius 3 is 2.55 bits per heavy atom. The van der Waals surface area contributed by atoms with Crippen LogP contribution in [0.15, 0.2) is 17.1 Å². The molecule has 0 amide bonds. The van der Waals surface area contributed by atoms with Crippen molar-refractivity contribution in [3.05, 3.63) is 12.2 Å². The molecule has 20 heavy (non-hydrogen) atoms. The molecule has 116 valence electrons. The standard InChI is InChI=1S/C17H33N3/c1-2-3-4-5-6-7-8-9-10-11-12-17-19-14-16-20(17)15-13-18/h6-7H,2-5,8-16,18H2,1H3/b7-6+. The number of rotatable bonds is 12. The van der Waals surface area contributed by atoms with Crippen LogP contribution in [0.25, 0.3) is 0 Å². The van der Waals surface area contributed by atoms with Crippen LogP contribution in [0.1, 0.15) is 64.7 Å². The summed E-state index contributed by atoms with van der Waals surface area (Å²) in [5.74, 6) is 1.30. The lowest BCUT2D eigenvalue weighted by atomic mass is 10.1. The second-order valence-electron chi connectivity index (χ2n) is 5.64. The highest BCUT2D eigenvalue weighted by molar-refractivity contribution is 5.83. The monoisotopic (exact) mass is 279 g/mol. The number of amidine groups is 1. The zero-order chi connectivity index (χ0) is 14.5. The molecule has 0 saturated heterocycles. The second kappa shape index (κ2) is 12.0. The molecule has 0 atom stereocenters. The fraction of sp³-hybridized carbons (Fsp3) is 0.824. The number of hydrogen-bond donors (Lipinski definition) is 1. The summed E-state index contributed by atoms with van der Waals surface area (Å²) in [5, 5.41) is 0. The van der Waals surface area contributed by atoms with Crippen LogP contribution in [0.2, 0.25) is 0 Å². The van der Waals surface area contributed by atoms with E-state index in [-0.39, 0.29) is 0 Å². The minimum atomic E-state index is 0.738. The molecule has 1 aliphatic heterocycles. The van der Waals surface area contributed by atoms with E-state index in [0.717, 1.165) is 32.6 Å². The Hall–Kier alpha value is -0.830. The van der Waals surface area contributed by atoms with Gasteiger partial charge in [0.2, 0.25) is 0 Å². The van der Waals surface area contributed by atoms with Crippen molar-refractivity contribution in [2.45, 2.75) is 64.7 Å². The Morgan fingerprint density at radius 1 is 1.10 bits per heavy atom. The summed E-state index contributed by atoms with van der Waals surface area (Å²) in [6.45, 7) is 6.01. The molecule has 3 nitrogen and oxygen atoms in total. The lowest BCUT2D eigenvalue weighted by Crippen LogP contribution is -2.32. The Balaban J connectivity index is 1.94. The van der Waals surface area contributed by atoms with E-state index in [9.17, 15) is 0 Å².